The van der Waals surface area contributed by atoms with Gasteiger partial charge in [-0.2, -0.15) is 0 Å². The van der Waals surface area contributed by atoms with Gasteiger partial charge in [0.25, 0.3) is 0 Å². The van der Waals surface area contributed by atoms with Crippen molar-refractivity contribution in [2.45, 2.75) is 13.3 Å². The lowest BCUT2D eigenvalue weighted by molar-refractivity contribution is -0.133. The van der Waals surface area contributed by atoms with E-state index in [-0.39, 0.29) is 5.57 Å². The van der Waals surface area contributed by atoms with Crippen LogP contribution in [0.4, 0.5) is 0 Å². The lowest BCUT2D eigenvalue weighted by atomic mass is 10.0. The molecule has 1 N–H and O–H groups in total. The summed E-state index contributed by atoms with van der Waals surface area (Å²) in [5.74, 6) is -1.09. The minimum absolute atomic E-state index is 0.228. The third-order valence-electron chi connectivity index (χ3n) is 3.01. The van der Waals surface area contributed by atoms with E-state index in [1.807, 2.05) is 30.3 Å². The summed E-state index contributed by atoms with van der Waals surface area (Å²) in [6, 6.07) is 16.2. The maximum atomic E-state index is 11.5. The zero-order chi connectivity index (χ0) is 15.9. The van der Waals surface area contributed by atoms with Crippen LogP contribution in [0.2, 0.25) is 0 Å². The van der Waals surface area contributed by atoms with E-state index in [1.165, 1.54) is 13.0 Å². The van der Waals surface area contributed by atoms with Gasteiger partial charge in [-0.15, -0.1) is 0 Å². The Hall–Kier alpha value is -2.88. The molecule has 2 rings (SSSR count). The molecule has 0 aliphatic carbocycles. The van der Waals surface area contributed by atoms with Gasteiger partial charge >= 0.3 is 11.9 Å². The fourth-order valence-electron chi connectivity index (χ4n) is 2.04. The maximum absolute atomic E-state index is 11.5. The van der Waals surface area contributed by atoms with Crippen LogP contribution < -0.4 is 4.74 Å². The highest BCUT2D eigenvalue weighted by Crippen LogP contribution is 2.22. The molecule has 22 heavy (non-hydrogen) atoms. The van der Waals surface area contributed by atoms with Gasteiger partial charge in [0.15, 0.2) is 0 Å². The highest BCUT2D eigenvalue weighted by Gasteiger charge is 2.11. The highest BCUT2D eigenvalue weighted by atomic mass is 16.5. The number of esters is 1. The zero-order valence-electron chi connectivity index (χ0n) is 12.2. The first-order valence-electron chi connectivity index (χ1n) is 6.81. The van der Waals surface area contributed by atoms with E-state index in [1.54, 1.807) is 24.3 Å². The van der Waals surface area contributed by atoms with Crippen LogP contribution in [0.15, 0.2) is 60.2 Å². The molecule has 2 aromatic carbocycles. The van der Waals surface area contributed by atoms with E-state index in [9.17, 15) is 14.7 Å². The Bertz CT molecular complexity index is 702. The molecule has 0 heterocycles. The van der Waals surface area contributed by atoms with Crippen LogP contribution in [0.1, 0.15) is 18.1 Å². The monoisotopic (exact) mass is 296 g/mol. The van der Waals surface area contributed by atoms with Crippen molar-refractivity contribution in [1.82, 2.24) is 0 Å². The summed E-state index contributed by atoms with van der Waals surface area (Å²) in [6.07, 6.45) is 1.83. The van der Waals surface area contributed by atoms with Gasteiger partial charge in [-0.3, -0.25) is 4.79 Å². The molecule has 0 saturated heterocycles. The van der Waals surface area contributed by atoms with Crippen molar-refractivity contribution in [3.05, 3.63) is 71.3 Å². The Morgan fingerprint density at radius 3 is 2.32 bits per heavy atom. The molecule has 4 nitrogen and oxygen atoms in total. The number of aliphatic carboxylic acids is 1. The normalized spacial score (nSPS) is 11.0. The first-order chi connectivity index (χ1) is 10.6. The number of para-hydroxylation sites is 1. The predicted octanol–water partition coefficient (Wildman–Crippen LogP) is 3.32. The molecule has 0 fully saturated rings. The first-order valence-corrected chi connectivity index (χ1v) is 6.81. The first kappa shape index (κ1) is 15.5. The number of hydrogen-bond acceptors (Lipinski definition) is 3. The smallest absolute Gasteiger partial charge is 0.331 e. The summed E-state index contributed by atoms with van der Waals surface area (Å²) < 4.78 is 5.10. The molecule has 0 aliphatic rings. The van der Waals surface area contributed by atoms with Crippen LogP contribution in [0.25, 0.3) is 6.08 Å². The molecule has 0 amide bonds. The van der Waals surface area contributed by atoms with Crippen LogP contribution in [0.5, 0.6) is 5.75 Å². The Morgan fingerprint density at radius 2 is 1.68 bits per heavy atom. The molecule has 2 aromatic rings. The second-order valence-electron chi connectivity index (χ2n) is 4.77. The molecule has 0 saturated carbocycles. The molecule has 4 heteroatoms. The van der Waals surface area contributed by atoms with Crippen LogP contribution in [-0.4, -0.2) is 17.0 Å². The second kappa shape index (κ2) is 7.22. The van der Waals surface area contributed by atoms with Gasteiger partial charge in [0.05, 0.1) is 0 Å². The molecular formula is C18H16O4. The summed E-state index contributed by atoms with van der Waals surface area (Å²) in [4.78, 5) is 22.6. The van der Waals surface area contributed by atoms with Crippen molar-refractivity contribution in [3.8, 4) is 5.75 Å². The molecule has 0 radical (unpaired) electrons. The van der Waals surface area contributed by atoms with Crippen molar-refractivity contribution in [1.29, 1.82) is 0 Å². The van der Waals surface area contributed by atoms with Crippen LogP contribution in [0.3, 0.4) is 0 Å². The third kappa shape index (κ3) is 4.31. The summed E-state index contributed by atoms with van der Waals surface area (Å²) in [5, 5.41) is 9.39. The van der Waals surface area contributed by atoms with E-state index in [0.29, 0.717) is 17.7 Å². The summed E-state index contributed by atoms with van der Waals surface area (Å²) in [6.45, 7) is 1.31. The second-order valence-corrected chi connectivity index (χ2v) is 4.77. The molecule has 0 aliphatic heterocycles. The van der Waals surface area contributed by atoms with Crippen LogP contribution in [0, 0.1) is 0 Å². The average molecular weight is 296 g/mol. The van der Waals surface area contributed by atoms with Gasteiger partial charge < -0.3 is 9.84 Å². The lowest BCUT2D eigenvalue weighted by Gasteiger charge is -2.07. The van der Waals surface area contributed by atoms with E-state index in [0.717, 1.165) is 5.56 Å². The van der Waals surface area contributed by atoms with Crippen molar-refractivity contribution >= 4 is 18.0 Å². The molecule has 0 aromatic heterocycles. The minimum Gasteiger partial charge on any atom is -0.478 e. The molecule has 0 unspecified atom stereocenters. The Labute approximate surface area is 128 Å². The highest BCUT2D eigenvalue weighted by molar-refractivity contribution is 5.93. The number of hydrogen-bond donors (Lipinski definition) is 1. The van der Waals surface area contributed by atoms with E-state index in [4.69, 9.17) is 4.74 Å². The van der Waals surface area contributed by atoms with Crippen molar-refractivity contribution < 1.29 is 19.4 Å². The Kier molecular flexibility index (Phi) is 5.09. The predicted molar refractivity (Wildman–Crippen MR) is 83.5 cm³/mol. The Morgan fingerprint density at radius 1 is 1.05 bits per heavy atom. The number of ether oxygens (including phenoxy) is 1. The van der Waals surface area contributed by atoms with Gasteiger partial charge in [0.1, 0.15) is 5.75 Å². The van der Waals surface area contributed by atoms with Gasteiger partial charge in [-0.1, -0.05) is 48.5 Å². The number of carboxylic acids is 1. The number of rotatable bonds is 5. The fraction of sp³-hybridized carbons (Fsp3) is 0.111. The van der Waals surface area contributed by atoms with Crippen molar-refractivity contribution in [2.24, 2.45) is 0 Å². The average Bonchev–Trinajstić information content (AvgIpc) is 2.49. The maximum Gasteiger partial charge on any atom is 0.331 e. The van der Waals surface area contributed by atoms with Gasteiger partial charge in [-0.05, 0) is 17.7 Å². The Balaban J connectivity index is 2.34. The molecule has 0 spiro atoms. The fourth-order valence-corrected chi connectivity index (χ4v) is 2.04. The van der Waals surface area contributed by atoms with E-state index in [2.05, 4.69) is 0 Å². The van der Waals surface area contributed by atoms with Crippen LogP contribution >= 0.6 is 0 Å². The SMILES string of the molecule is CC(=O)Oc1ccccc1C=C(Cc1ccccc1)C(=O)O. The largest absolute Gasteiger partial charge is 0.478 e. The number of carboxylic acid groups (broad SMARTS) is 1. The van der Waals surface area contributed by atoms with Crippen molar-refractivity contribution in [3.63, 3.8) is 0 Å². The number of carbonyl (C=O) groups is 2. The van der Waals surface area contributed by atoms with Gasteiger partial charge in [0.2, 0.25) is 0 Å². The standard InChI is InChI=1S/C18H16O4/c1-13(19)22-17-10-6-5-9-15(17)12-16(18(20)21)11-14-7-3-2-4-8-14/h2-10,12H,11H2,1H3,(H,20,21). The quantitative estimate of drug-likeness (QED) is 0.522. The van der Waals surface area contributed by atoms with Gasteiger partial charge in [-0.25, -0.2) is 4.79 Å². The van der Waals surface area contributed by atoms with Crippen molar-refractivity contribution in [2.75, 3.05) is 0 Å². The number of carbonyl (C=O) groups excluding carboxylic acids is 1. The summed E-state index contributed by atoms with van der Waals surface area (Å²) in [7, 11) is 0. The van der Waals surface area contributed by atoms with Gasteiger partial charge in [0, 0.05) is 24.5 Å². The number of benzene rings is 2. The summed E-state index contributed by atoms with van der Waals surface area (Å²) in [5.41, 5.74) is 1.69. The molecule has 0 atom stereocenters. The molecular weight excluding hydrogens is 280 g/mol. The summed E-state index contributed by atoms with van der Waals surface area (Å²) >= 11 is 0. The third-order valence-corrected chi connectivity index (χ3v) is 3.01. The molecule has 0 bridgehead atoms. The minimum atomic E-state index is -0.999. The van der Waals surface area contributed by atoms with E-state index < -0.39 is 11.9 Å². The molecule has 112 valence electrons. The van der Waals surface area contributed by atoms with Crippen LogP contribution in [-0.2, 0) is 16.0 Å². The van der Waals surface area contributed by atoms with E-state index >= 15 is 0 Å². The lowest BCUT2D eigenvalue weighted by Crippen LogP contribution is -2.05. The zero-order valence-corrected chi connectivity index (χ0v) is 12.2. The topological polar surface area (TPSA) is 63.6 Å².